The zero-order chi connectivity index (χ0) is 26.7. The van der Waals surface area contributed by atoms with E-state index in [0.717, 1.165) is 47.9 Å². The van der Waals surface area contributed by atoms with Crippen molar-refractivity contribution >= 4 is 22.7 Å². The molecule has 1 N–H and O–H groups in total. The summed E-state index contributed by atoms with van der Waals surface area (Å²) < 4.78 is 12.4. The quantitative estimate of drug-likeness (QED) is 0.536. The molecule has 202 valence electrons. The largest absolute Gasteiger partial charge is 0.491 e. The summed E-state index contributed by atoms with van der Waals surface area (Å²) in [6, 6.07) is 14.4. The second-order valence-electron chi connectivity index (χ2n) is 10.5. The van der Waals surface area contributed by atoms with Crippen molar-refractivity contribution in [1.82, 2.24) is 14.8 Å². The van der Waals surface area contributed by atoms with Crippen LogP contribution in [0.1, 0.15) is 60.3 Å². The van der Waals surface area contributed by atoms with Gasteiger partial charge in [0.25, 0.3) is 11.8 Å². The number of aromatic amines is 1. The Kier molecular flexibility index (Phi) is 7.75. The third-order valence-corrected chi connectivity index (χ3v) is 8.03. The monoisotopic (exact) mass is 517 g/mol. The van der Waals surface area contributed by atoms with Gasteiger partial charge in [0.05, 0.1) is 19.7 Å². The summed E-state index contributed by atoms with van der Waals surface area (Å²) in [5, 5.41) is 1.10. The fourth-order valence-electron chi connectivity index (χ4n) is 5.95. The summed E-state index contributed by atoms with van der Waals surface area (Å²) in [6.07, 6.45) is 3.96. The molecule has 0 saturated carbocycles. The van der Waals surface area contributed by atoms with Crippen LogP contribution in [0.25, 0.3) is 10.9 Å². The van der Waals surface area contributed by atoms with Gasteiger partial charge < -0.3 is 24.3 Å². The number of H-pyrrole nitrogens is 1. The molecule has 1 unspecified atom stereocenters. The Balaban J connectivity index is 1.42. The molecule has 2 aliphatic heterocycles. The zero-order valence-electron chi connectivity index (χ0n) is 22.8. The van der Waals surface area contributed by atoms with Crippen LogP contribution in [0.15, 0.2) is 42.5 Å². The van der Waals surface area contributed by atoms with E-state index in [-0.39, 0.29) is 18.4 Å². The van der Waals surface area contributed by atoms with Crippen LogP contribution in [0.4, 0.5) is 0 Å². The molecule has 5 rings (SSSR count). The van der Waals surface area contributed by atoms with Gasteiger partial charge in [-0.1, -0.05) is 36.8 Å². The van der Waals surface area contributed by atoms with Crippen LogP contribution in [-0.2, 0) is 22.4 Å². The van der Waals surface area contributed by atoms with E-state index in [2.05, 4.69) is 37.0 Å². The molecule has 7 heteroatoms. The van der Waals surface area contributed by atoms with Gasteiger partial charge in [-0.05, 0) is 75.3 Å². The third-order valence-electron chi connectivity index (χ3n) is 8.03. The summed E-state index contributed by atoms with van der Waals surface area (Å²) in [5.41, 5.74) is 3.95. The smallest absolute Gasteiger partial charge is 0.270 e. The van der Waals surface area contributed by atoms with Gasteiger partial charge in [-0.2, -0.15) is 0 Å². The number of aromatic nitrogens is 1. The van der Waals surface area contributed by atoms with Crippen LogP contribution in [-0.4, -0.2) is 71.6 Å². The van der Waals surface area contributed by atoms with E-state index in [9.17, 15) is 9.59 Å². The van der Waals surface area contributed by atoms with Crippen LogP contribution in [0, 0.1) is 6.92 Å². The van der Waals surface area contributed by atoms with Gasteiger partial charge in [0.15, 0.2) is 5.60 Å². The molecule has 38 heavy (non-hydrogen) atoms. The molecule has 1 saturated heterocycles. The first-order chi connectivity index (χ1) is 18.5. The number of para-hydroxylation sites is 1. The lowest BCUT2D eigenvalue weighted by molar-refractivity contribution is -0.170. The van der Waals surface area contributed by atoms with E-state index in [1.54, 1.807) is 0 Å². The van der Waals surface area contributed by atoms with Crippen LogP contribution >= 0.6 is 0 Å². The number of nitrogens with zero attached hydrogens (tertiary/aromatic N) is 2. The van der Waals surface area contributed by atoms with E-state index in [4.69, 9.17) is 9.47 Å². The fraction of sp³-hybridized carbons (Fsp3) is 0.484. The van der Waals surface area contributed by atoms with Crippen LogP contribution in [0.3, 0.4) is 0 Å². The predicted molar refractivity (Wildman–Crippen MR) is 149 cm³/mol. The van der Waals surface area contributed by atoms with E-state index in [1.807, 2.05) is 41.0 Å². The number of fused-ring (bicyclic) bond motifs is 2. The standard InChI is InChI=1S/C31H39N3O4/c1-4-24-25-20-22(3)13-14-26(25)32-28(24)29(35)34-17-19-38-31(21-34)15-9-8-11-23-10-6-7-12-27(23)37-18-16-33(5-2)30(31)36/h6-7,10,12-14,20,32H,4-5,8-9,11,15-19,21H2,1-3H3. The summed E-state index contributed by atoms with van der Waals surface area (Å²) >= 11 is 0. The molecule has 1 spiro atoms. The number of nitrogens with one attached hydrogen (secondary N) is 1. The molecule has 1 fully saturated rings. The highest BCUT2D eigenvalue weighted by molar-refractivity contribution is 6.01. The fourth-order valence-corrected chi connectivity index (χ4v) is 5.95. The lowest BCUT2D eigenvalue weighted by Crippen LogP contribution is -2.62. The SMILES string of the molecule is CCc1c(C(=O)N2CCOC3(CCCCc4ccccc4OCCN(CC)C3=O)C2)[nH]c2ccc(C)cc12. The molecule has 2 aromatic carbocycles. The number of hydrogen-bond donors (Lipinski definition) is 1. The van der Waals surface area contributed by atoms with Gasteiger partial charge in [-0.3, -0.25) is 9.59 Å². The van der Waals surface area contributed by atoms with E-state index < -0.39 is 5.60 Å². The molecular weight excluding hydrogens is 478 g/mol. The van der Waals surface area contributed by atoms with E-state index in [0.29, 0.717) is 45.0 Å². The van der Waals surface area contributed by atoms with Gasteiger partial charge in [0.1, 0.15) is 18.1 Å². The van der Waals surface area contributed by atoms with E-state index >= 15 is 0 Å². The van der Waals surface area contributed by atoms with Gasteiger partial charge in [-0.15, -0.1) is 0 Å². The van der Waals surface area contributed by atoms with Crippen molar-refractivity contribution in [1.29, 1.82) is 0 Å². The van der Waals surface area contributed by atoms with Crippen molar-refractivity contribution in [3.8, 4) is 5.75 Å². The number of rotatable bonds is 3. The highest BCUT2D eigenvalue weighted by Gasteiger charge is 2.46. The maximum atomic E-state index is 14.0. The number of carbonyl (C=O) groups excluding carboxylic acids is 2. The van der Waals surface area contributed by atoms with Crippen molar-refractivity contribution in [2.24, 2.45) is 0 Å². The number of amides is 2. The molecule has 3 heterocycles. The number of hydrogen-bond acceptors (Lipinski definition) is 4. The molecular formula is C31H39N3O4. The molecule has 3 aromatic rings. The average molecular weight is 518 g/mol. The first-order valence-corrected chi connectivity index (χ1v) is 14.0. The minimum atomic E-state index is -1.04. The minimum absolute atomic E-state index is 0.0436. The zero-order valence-corrected chi connectivity index (χ0v) is 22.8. The Morgan fingerprint density at radius 2 is 1.92 bits per heavy atom. The maximum absolute atomic E-state index is 14.0. The minimum Gasteiger partial charge on any atom is -0.491 e. The van der Waals surface area contributed by atoms with Crippen molar-refractivity contribution < 1.29 is 19.1 Å². The highest BCUT2D eigenvalue weighted by atomic mass is 16.5. The van der Waals surface area contributed by atoms with Gasteiger partial charge in [0.2, 0.25) is 0 Å². The number of ether oxygens (including phenoxy) is 2. The van der Waals surface area contributed by atoms with Crippen LogP contribution < -0.4 is 4.74 Å². The van der Waals surface area contributed by atoms with Crippen LogP contribution in [0.2, 0.25) is 0 Å². The van der Waals surface area contributed by atoms with E-state index in [1.165, 1.54) is 11.1 Å². The molecule has 2 amide bonds. The van der Waals surface area contributed by atoms with Gasteiger partial charge >= 0.3 is 0 Å². The first kappa shape index (κ1) is 26.3. The van der Waals surface area contributed by atoms with Crippen LogP contribution in [0.5, 0.6) is 5.75 Å². The summed E-state index contributed by atoms with van der Waals surface area (Å²) in [5.74, 6) is 0.799. The highest BCUT2D eigenvalue weighted by Crippen LogP contribution is 2.31. The van der Waals surface area contributed by atoms with Gasteiger partial charge in [0, 0.05) is 24.0 Å². The van der Waals surface area contributed by atoms with Crippen molar-refractivity contribution in [2.45, 2.75) is 58.5 Å². The Hall–Kier alpha value is -3.32. The lowest BCUT2D eigenvalue weighted by atomic mass is 9.90. The summed E-state index contributed by atoms with van der Waals surface area (Å²) in [7, 11) is 0. The maximum Gasteiger partial charge on any atom is 0.270 e. The molecule has 2 aliphatic rings. The normalized spacial score (nSPS) is 21.1. The molecule has 7 nitrogen and oxygen atoms in total. The molecule has 0 aliphatic carbocycles. The number of aryl methyl sites for hydroxylation is 3. The second-order valence-corrected chi connectivity index (χ2v) is 10.5. The van der Waals surface area contributed by atoms with Crippen molar-refractivity contribution in [3.05, 3.63) is 64.8 Å². The second kappa shape index (κ2) is 11.2. The van der Waals surface area contributed by atoms with Crippen molar-refractivity contribution in [2.75, 3.05) is 39.4 Å². The first-order valence-electron chi connectivity index (χ1n) is 14.0. The Morgan fingerprint density at radius 1 is 1.08 bits per heavy atom. The van der Waals surface area contributed by atoms with Crippen molar-refractivity contribution in [3.63, 3.8) is 0 Å². The number of benzene rings is 2. The predicted octanol–water partition coefficient (Wildman–Crippen LogP) is 4.90. The Morgan fingerprint density at radius 3 is 2.74 bits per heavy atom. The molecule has 0 bridgehead atoms. The third kappa shape index (κ3) is 5.04. The molecule has 1 atom stereocenters. The van der Waals surface area contributed by atoms with Gasteiger partial charge in [-0.25, -0.2) is 0 Å². The summed E-state index contributed by atoms with van der Waals surface area (Å²) in [6.45, 7) is 8.66. The lowest BCUT2D eigenvalue weighted by Gasteiger charge is -2.44. The number of morpholine rings is 1. The topological polar surface area (TPSA) is 74.9 Å². The number of carbonyl (C=O) groups is 2. The molecule has 1 aromatic heterocycles. The number of likely N-dealkylation sites (N-methyl/N-ethyl adjacent to an activating group) is 1. The molecule has 0 radical (unpaired) electrons. The summed E-state index contributed by atoms with van der Waals surface area (Å²) in [4.78, 5) is 35.0. The Bertz CT molecular complexity index is 1320. The Labute approximate surface area is 225 Å². The average Bonchev–Trinajstić information content (AvgIpc) is 3.30.